The largest absolute Gasteiger partial charge is 0.489 e. The van der Waals surface area contributed by atoms with Gasteiger partial charge in [-0.2, -0.15) is 0 Å². The zero-order valence-electron chi connectivity index (χ0n) is 10.9. The minimum Gasteiger partial charge on any atom is -0.489 e. The van der Waals surface area contributed by atoms with E-state index in [0.717, 1.165) is 25.2 Å². The van der Waals surface area contributed by atoms with Gasteiger partial charge in [0.15, 0.2) is 0 Å². The first-order valence-electron chi connectivity index (χ1n) is 6.04. The van der Waals surface area contributed by atoms with Crippen molar-refractivity contribution < 1.29 is 9.47 Å². The van der Waals surface area contributed by atoms with E-state index < -0.39 is 0 Å². The lowest BCUT2D eigenvalue weighted by Gasteiger charge is -2.24. The van der Waals surface area contributed by atoms with Gasteiger partial charge in [-0.1, -0.05) is 17.7 Å². The molecule has 18 heavy (non-hydrogen) atoms. The highest BCUT2D eigenvalue weighted by atomic mass is 35.5. The van der Waals surface area contributed by atoms with Gasteiger partial charge < -0.3 is 9.47 Å². The SMILES string of the molecule is COCCCC(NN)C(C)Oc1cccc(Cl)c1. The topological polar surface area (TPSA) is 56.5 Å². The molecule has 3 N–H and O–H groups in total. The van der Waals surface area contributed by atoms with E-state index in [4.69, 9.17) is 26.9 Å². The summed E-state index contributed by atoms with van der Waals surface area (Å²) in [4.78, 5) is 0. The van der Waals surface area contributed by atoms with Gasteiger partial charge >= 0.3 is 0 Å². The average Bonchev–Trinajstić information content (AvgIpc) is 2.34. The molecule has 0 heterocycles. The quantitative estimate of drug-likeness (QED) is 0.433. The molecule has 0 amide bonds. The number of hydrogen-bond donors (Lipinski definition) is 2. The molecule has 0 saturated carbocycles. The Bertz CT molecular complexity index is 350. The summed E-state index contributed by atoms with van der Waals surface area (Å²) in [5, 5.41) is 0.663. The van der Waals surface area contributed by atoms with Crippen molar-refractivity contribution in [3.63, 3.8) is 0 Å². The summed E-state index contributed by atoms with van der Waals surface area (Å²) >= 11 is 5.91. The molecule has 2 atom stereocenters. The second kappa shape index (κ2) is 8.32. The fourth-order valence-corrected chi connectivity index (χ4v) is 1.92. The zero-order valence-corrected chi connectivity index (χ0v) is 11.6. The first-order chi connectivity index (χ1) is 8.67. The van der Waals surface area contributed by atoms with E-state index in [2.05, 4.69) is 5.43 Å². The van der Waals surface area contributed by atoms with Crippen molar-refractivity contribution in [2.45, 2.75) is 31.9 Å². The molecule has 4 nitrogen and oxygen atoms in total. The molecule has 2 unspecified atom stereocenters. The second-order valence-corrected chi connectivity index (χ2v) is 4.62. The third-order valence-corrected chi connectivity index (χ3v) is 3.00. The van der Waals surface area contributed by atoms with Gasteiger partial charge in [0.25, 0.3) is 0 Å². The van der Waals surface area contributed by atoms with Crippen LogP contribution in [0.1, 0.15) is 19.8 Å². The van der Waals surface area contributed by atoms with E-state index in [9.17, 15) is 0 Å². The summed E-state index contributed by atoms with van der Waals surface area (Å²) in [5.41, 5.74) is 2.78. The molecule has 102 valence electrons. The number of halogens is 1. The minimum absolute atomic E-state index is 0.0367. The highest BCUT2D eigenvalue weighted by Gasteiger charge is 2.17. The van der Waals surface area contributed by atoms with E-state index >= 15 is 0 Å². The molecule has 0 aliphatic carbocycles. The Morgan fingerprint density at radius 1 is 1.44 bits per heavy atom. The maximum atomic E-state index is 5.91. The van der Waals surface area contributed by atoms with Crippen LogP contribution in [-0.4, -0.2) is 25.9 Å². The Morgan fingerprint density at radius 3 is 2.83 bits per heavy atom. The Balaban J connectivity index is 2.48. The molecule has 1 aromatic rings. The van der Waals surface area contributed by atoms with Crippen LogP contribution in [0, 0.1) is 0 Å². The Labute approximate surface area is 113 Å². The van der Waals surface area contributed by atoms with Crippen LogP contribution in [0.4, 0.5) is 0 Å². The van der Waals surface area contributed by atoms with Crippen LogP contribution >= 0.6 is 11.6 Å². The summed E-state index contributed by atoms with van der Waals surface area (Å²) in [6, 6.07) is 7.43. The molecular weight excluding hydrogens is 252 g/mol. The first-order valence-corrected chi connectivity index (χ1v) is 6.42. The van der Waals surface area contributed by atoms with Crippen molar-refractivity contribution in [2.75, 3.05) is 13.7 Å². The Hall–Kier alpha value is -0.810. The van der Waals surface area contributed by atoms with Crippen LogP contribution in [0.2, 0.25) is 5.02 Å². The number of hydrogen-bond acceptors (Lipinski definition) is 4. The summed E-state index contributed by atoms with van der Waals surface area (Å²) < 4.78 is 10.8. The van der Waals surface area contributed by atoms with Gasteiger partial charge in [0.1, 0.15) is 11.9 Å². The van der Waals surface area contributed by atoms with Crippen LogP contribution in [0.25, 0.3) is 0 Å². The lowest BCUT2D eigenvalue weighted by molar-refractivity contribution is 0.146. The van der Waals surface area contributed by atoms with E-state index in [0.29, 0.717) is 5.02 Å². The molecule has 1 aromatic carbocycles. The van der Waals surface area contributed by atoms with E-state index in [1.54, 1.807) is 13.2 Å². The maximum absolute atomic E-state index is 5.91. The Kier molecular flexibility index (Phi) is 7.05. The third-order valence-electron chi connectivity index (χ3n) is 2.76. The van der Waals surface area contributed by atoms with Gasteiger partial charge in [-0.3, -0.25) is 11.3 Å². The fourth-order valence-electron chi connectivity index (χ4n) is 1.74. The van der Waals surface area contributed by atoms with Gasteiger partial charge in [-0.05, 0) is 38.0 Å². The molecule has 0 aliphatic heterocycles. The summed E-state index contributed by atoms with van der Waals surface area (Å²) in [6.45, 7) is 2.71. The molecule has 0 spiro atoms. The zero-order chi connectivity index (χ0) is 13.4. The first kappa shape index (κ1) is 15.2. The molecule has 0 aromatic heterocycles. The number of hydrazine groups is 1. The average molecular weight is 273 g/mol. The van der Waals surface area contributed by atoms with Gasteiger partial charge in [0.05, 0.1) is 6.04 Å². The lowest BCUT2D eigenvalue weighted by atomic mass is 10.1. The van der Waals surface area contributed by atoms with Gasteiger partial charge in [-0.15, -0.1) is 0 Å². The predicted molar refractivity (Wildman–Crippen MR) is 73.8 cm³/mol. The van der Waals surface area contributed by atoms with Crippen molar-refractivity contribution >= 4 is 11.6 Å². The molecule has 1 rings (SSSR count). The molecule has 0 aliphatic rings. The van der Waals surface area contributed by atoms with Crippen LogP contribution in [-0.2, 0) is 4.74 Å². The number of methoxy groups -OCH3 is 1. The number of benzene rings is 1. The molecule has 0 radical (unpaired) electrons. The van der Waals surface area contributed by atoms with Crippen LogP contribution in [0.15, 0.2) is 24.3 Å². The second-order valence-electron chi connectivity index (χ2n) is 4.19. The number of ether oxygens (including phenoxy) is 2. The minimum atomic E-state index is -0.0367. The molecular formula is C13H21ClN2O2. The van der Waals surface area contributed by atoms with Crippen LogP contribution in [0.5, 0.6) is 5.75 Å². The van der Waals surface area contributed by atoms with Gasteiger partial charge in [-0.25, -0.2) is 0 Å². The van der Waals surface area contributed by atoms with E-state index in [-0.39, 0.29) is 12.1 Å². The molecule has 0 saturated heterocycles. The maximum Gasteiger partial charge on any atom is 0.121 e. The van der Waals surface area contributed by atoms with Crippen LogP contribution in [0.3, 0.4) is 0 Å². The van der Waals surface area contributed by atoms with Crippen molar-refractivity contribution in [3.05, 3.63) is 29.3 Å². The molecule has 5 heteroatoms. The van der Waals surface area contributed by atoms with E-state index in [1.165, 1.54) is 0 Å². The molecule has 0 bridgehead atoms. The smallest absolute Gasteiger partial charge is 0.121 e. The third kappa shape index (κ3) is 5.23. The van der Waals surface area contributed by atoms with Crippen molar-refractivity contribution in [1.82, 2.24) is 5.43 Å². The van der Waals surface area contributed by atoms with Gasteiger partial charge in [0.2, 0.25) is 0 Å². The van der Waals surface area contributed by atoms with Crippen molar-refractivity contribution in [2.24, 2.45) is 5.84 Å². The fraction of sp³-hybridized carbons (Fsp3) is 0.538. The number of nitrogens with one attached hydrogen (secondary N) is 1. The van der Waals surface area contributed by atoms with Gasteiger partial charge in [0, 0.05) is 18.7 Å². The summed E-state index contributed by atoms with van der Waals surface area (Å²) in [5.74, 6) is 6.29. The van der Waals surface area contributed by atoms with Crippen molar-refractivity contribution in [3.8, 4) is 5.75 Å². The van der Waals surface area contributed by atoms with Crippen molar-refractivity contribution in [1.29, 1.82) is 0 Å². The molecule has 0 fully saturated rings. The highest BCUT2D eigenvalue weighted by Crippen LogP contribution is 2.19. The Morgan fingerprint density at radius 2 is 2.22 bits per heavy atom. The number of rotatable bonds is 8. The lowest BCUT2D eigenvalue weighted by Crippen LogP contribution is -2.45. The normalized spacial score (nSPS) is 14.2. The standard InChI is InChI=1S/C13H21ClN2O2/c1-10(13(16-15)7-4-8-17-2)18-12-6-3-5-11(14)9-12/h3,5-6,9-10,13,16H,4,7-8,15H2,1-2H3. The summed E-state index contributed by atoms with van der Waals surface area (Å²) in [7, 11) is 1.69. The predicted octanol–water partition coefficient (Wildman–Crippen LogP) is 2.37. The number of nitrogens with two attached hydrogens (primary N) is 1. The van der Waals surface area contributed by atoms with E-state index in [1.807, 2.05) is 25.1 Å². The summed E-state index contributed by atoms with van der Waals surface area (Å²) in [6.07, 6.45) is 1.80. The van der Waals surface area contributed by atoms with Crippen LogP contribution < -0.4 is 16.0 Å². The highest BCUT2D eigenvalue weighted by molar-refractivity contribution is 6.30. The monoisotopic (exact) mass is 272 g/mol.